The zero-order chi connectivity index (χ0) is 19.6. The van der Waals surface area contributed by atoms with Crippen LogP contribution in [0.1, 0.15) is 55.7 Å². The van der Waals surface area contributed by atoms with E-state index in [1.54, 1.807) is 36.6 Å². The van der Waals surface area contributed by atoms with Crippen LogP contribution in [0.15, 0.2) is 23.0 Å². The van der Waals surface area contributed by atoms with Crippen LogP contribution in [0.4, 0.5) is 0 Å². The third-order valence-corrected chi connectivity index (χ3v) is 5.19. The standard InChI is InChI=1S/C20H25N3O4/c1-20(2,19(26)27)9-10-21-17(24)13-7-8-14-15(12-13)22-16-6-4-3-5-11-23(16)18(14)25/h7-8,12H,3-6,9-11H2,1-2H3,(H,21,24)(H,26,27). The minimum Gasteiger partial charge on any atom is -0.481 e. The Kier molecular flexibility index (Phi) is 5.30. The number of benzene rings is 1. The van der Waals surface area contributed by atoms with E-state index in [1.807, 2.05) is 0 Å². The average molecular weight is 371 g/mol. The Labute approximate surface area is 157 Å². The molecule has 0 bridgehead atoms. The molecular weight excluding hydrogens is 346 g/mol. The third-order valence-electron chi connectivity index (χ3n) is 5.19. The van der Waals surface area contributed by atoms with E-state index < -0.39 is 11.4 Å². The summed E-state index contributed by atoms with van der Waals surface area (Å²) in [7, 11) is 0. The lowest BCUT2D eigenvalue weighted by Crippen LogP contribution is -2.32. The number of aryl methyl sites for hydroxylation is 1. The van der Waals surface area contributed by atoms with E-state index in [9.17, 15) is 14.4 Å². The zero-order valence-electron chi connectivity index (χ0n) is 15.7. The fraction of sp³-hybridized carbons (Fsp3) is 0.500. The average Bonchev–Trinajstić information content (AvgIpc) is 2.86. The van der Waals surface area contributed by atoms with Gasteiger partial charge in [-0.25, -0.2) is 4.98 Å². The number of carbonyl (C=O) groups is 2. The van der Waals surface area contributed by atoms with Crippen LogP contribution in [-0.4, -0.2) is 33.1 Å². The largest absolute Gasteiger partial charge is 0.481 e. The van der Waals surface area contributed by atoms with Crippen molar-refractivity contribution in [2.75, 3.05) is 6.54 Å². The van der Waals surface area contributed by atoms with Crippen molar-refractivity contribution < 1.29 is 14.7 Å². The van der Waals surface area contributed by atoms with Gasteiger partial charge in [0.25, 0.3) is 11.5 Å². The van der Waals surface area contributed by atoms with E-state index in [-0.39, 0.29) is 18.0 Å². The molecule has 7 heteroatoms. The van der Waals surface area contributed by atoms with Crippen molar-refractivity contribution in [2.45, 2.75) is 52.5 Å². The van der Waals surface area contributed by atoms with Gasteiger partial charge in [-0.1, -0.05) is 6.42 Å². The van der Waals surface area contributed by atoms with Crippen molar-refractivity contribution in [3.05, 3.63) is 39.9 Å². The van der Waals surface area contributed by atoms with Crippen LogP contribution in [0.3, 0.4) is 0 Å². The molecule has 1 aromatic carbocycles. The van der Waals surface area contributed by atoms with Gasteiger partial charge in [0.2, 0.25) is 0 Å². The van der Waals surface area contributed by atoms with Gasteiger partial charge < -0.3 is 10.4 Å². The number of carboxylic acid groups (broad SMARTS) is 1. The molecule has 0 unspecified atom stereocenters. The van der Waals surface area contributed by atoms with Crippen LogP contribution in [0.5, 0.6) is 0 Å². The molecule has 1 amide bonds. The van der Waals surface area contributed by atoms with Crippen LogP contribution < -0.4 is 10.9 Å². The highest BCUT2D eigenvalue weighted by Gasteiger charge is 2.26. The monoisotopic (exact) mass is 371 g/mol. The van der Waals surface area contributed by atoms with E-state index in [1.165, 1.54) is 0 Å². The number of nitrogens with one attached hydrogen (secondary N) is 1. The third kappa shape index (κ3) is 4.02. The fourth-order valence-electron chi connectivity index (χ4n) is 3.26. The number of nitrogens with zero attached hydrogens (tertiary/aromatic N) is 2. The summed E-state index contributed by atoms with van der Waals surface area (Å²) in [6.07, 6.45) is 4.17. The summed E-state index contributed by atoms with van der Waals surface area (Å²) in [6, 6.07) is 4.91. The quantitative estimate of drug-likeness (QED) is 0.840. The van der Waals surface area contributed by atoms with Gasteiger partial charge in [-0.3, -0.25) is 19.0 Å². The topological polar surface area (TPSA) is 101 Å². The molecule has 2 heterocycles. The molecule has 0 spiro atoms. The molecule has 2 aromatic rings. The molecule has 7 nitrogen and oxygen atoms in total. The van der Waals surface area contributed by atoms with Crippen LogP contribution in [0.25, 0.3) is 10.9 Å². The molecule has 3 rings (SSSR count). The normalized spacial score (nSPS) is 14.4. The Morgan fingerprint density at radius 1 is 1.26 bits per heavy atom. The number of carbonyl (C=O) groups excluding carboxylic acids is 1. The second-order valence-corrected chi connectivity index (χ2v) is 7.72. The van der Waals surface area contributed by atoms with Crippen molar-refractivity contribution in [3.8, 4) is 0 Å². The minimum atomic E-state index is -0.898. The Morgan fingerprint density at radius 2 is 2.04 bits per heavy atom. The lowest BCUT2D eigenvalue weighted by atomic mass is 9.90. The molecule has 144 valence electrons. The van der Waals surface area contributed by atoms with Crippen molar-refractivity contribution >= 4 is 22.8 Å². The highest BCUT2D eigenvalue weighted by atomic mass is 16.4. The molecular formula is C20H25N3O4. The lowest BCUT2D eigenvalue weighted by Gasteiger charge is -2.18. The summed E-state index contributed by atoms with van der Waals surface area (Å²) < 4.78 is 1.75. The first kappa shape index (κ1) is 19.1. The number of hydrogen-bond donors (Lipinski definition) is 2. The smallest absolute Gasteiger partial charge is 0.309 e. The molecule has 0 saturated carbocycles. The molecule has 0 aliphatic carbocycles. The summed E-state index contributed by atoms with van der Waals surface area (Å²) in [4.78, 5) is 40.9. The van der Waals surface area contributed by atoms with Crippen molar-refractivity contribution in [1.29, 1.82) is 0 Å². The Morgan fingerprint density at radius 3 is 2.78 bits per heavy atom. The Bertz CT molecular complexity index is 946. The number of hydrogen-bond acceptors (Lipinski definition) is 4. The van der Waals surface area contributed by atoms with Crippen LogP contribution >= 0.6 is 0 Å². The van der Waals surface area contributed by atoms with Gasteiger partial charge in [-0.2, -0.15) is 0 Å². The van der Waals surface area contributed by atoms with Crippen molar-refractivity contribution in [2.24, 2.45) is 5.41 Å². The van der Waals surface area contributed by atoms with E-state index >= 15 is 0 Å². The molecule has 1 aliphatic rings. The predicted molar refractivity (Wildman–Crippen MR) is 102 cm³/mol. The number of rotatable bonds is 5. The first-order chi connectivity index (χ1) is 12.8. The molecule has 0 saturated heterocycles. The zero-order valence-corrected chi connectivity index (χ0v) is 15.7. The maximum absolute atomic E-state index is 12.7. The van der Waals surface area contributed by atoms with Gasteiger partial charge >= 0.3 is 5.97 Å². The number of aliphatic carboxylic acids is 1. The molecule has 2 N–H and O–H groups in total. The van der Waals surface area contributed by atoms with Crippen LogP contribution in [-0.2, 0) is 17.8 Å². The molecule has 0 fully saturated rings. The highest BCUT2D eigenvalue weighted by molar-refractivity contribution is 5.97. The lowest BCUT2D eigenvalue weighted by molar-refractivity contribution is -0.147. The number of amides is 1. The Hall–Kier alpha value is -2.70. The van der Waals surface area contributed by atoms with E-state index in [0.29, 0.717) is 29.4 Å². The summed E-state index contributed by atoms with van der Waals surface area (Å²) >= 11 is 0. The van der Waals surface area contributed by atoms with E-state index in [4.69, 9.17) is 5.11 Å². The van der Waals surface area contributed by atoms with E-state index in [2.05, 4.69) is 10.3 Å². The first-order valence-corrected chi connectivity index (χ1v) is 9.35. The van der Waals surface area contributed by atoms with Crippen molar-refractivity contribution in [1.82, 2.24) is 14.9 Å². The van der Waals surface area contributed by atoms with Gasteiger partial charge in [0.1, 0.15) is 5.82 Å². The van der Waals surface area contributed by atoms with Gasteiger partial charge in [0.05, 0.1) is 16.3 Å². The molecule has 0 radical (unpaired) electrons. The molecule has 27 heavy (non-hydrogen) atoms. The molecule has 0 atom stereocenters. The maximum Gasteiger partial charge on any atom is 0.309 e. The second kappa shape index (κ2) is 7.50. The van der Waals surface area contributed by atoms with Gasteiger partial charge in [0, 0.05) is 25.1 Å². The minimum absolute atomic E-state index is 0.0490. The van der Waals surface area contributed by atoms with E-state index in [0.717, 1.165) is 31.5 Å². The highest BCUT2D eigenvalue weighted by Crippen LogP contribution is 2.20. The number of fused-ring (bicyclic) bond motifs is 2. The SMILES string of the molecule is CC(C)(CCNC(=O)c1ccc2c(=O)n3c(nc2c1)CCCCC3)C(=O)O. The predicted octanol–water partition coefficient (Wildman–Crippen LogP) is 2.35. The molecule has 1 aliphatic heterocycles. The van der Waals surface area contributed by atoms with Crippen LogP contribution in [0, 0.1) is 5.41 Å². The summed E-state index contributed by atoms with van der Waals surface area (Å²) in [6.45, 7) is 4.20. The first-order valence-electron chi connectivity index (χ1n) is 9.35. The Balaban J connectivity index is 1.81. The van der Waals surface area contributed by atoms with Crippen molar-refractivity contribution in [3.63, 3.8) is 0 Å². The number of carboxylic acids is 1. The van der Waals surface area contributed by atoms with Gasteiger partial charge in [0.15, 0.2) is 0 Å². The van der Waals surface area contributed by atoms with Gasteiger partial charge in [-0.05, 0) is 51.3 Å². The second-order valence-electron chi connectivity index (χ2n) is 7.72. The number of aromatic nitrogens is 2. The summed E-state index contributed by atoms with van der Waals surface area (Å²) in [5.74, 6) is -0.409. The van der Waals surface area contributed by atoms with Crippen LogP contribution in [0.2, 0.25) is 0 Å². The van der Waals surface area contributed by atoms with Gasteiger partial charge in [-0.15, -0.1) is 0 Å². The maximum atomic E-state index is 12.7. The molecule has 1 aromatic heterocycles. The summed E-state index contributed by atoms with van der Waals surface area (Å²) in [5, 5.41) is 12.4. The fourth-order valence-corrected chi connectivity index (χ4v) is 3.26. The summed E-state index contributed by atoms with van der Waals surface area (Å²) in [5.41, 5.74) is 0.00429.